The molecule has 1 fully saturated rings. The first-order valence-corrected chi connectivity index (χ1v) is 4.82. The smallest absolute Gasteiger partial charge is 0.314 e. The molecule has 0 aromatic heterocycles. The minimum absolute atomic E-state index is 0.341. The topological polar surface area (TPSA) is 57.5 Å². The second kappa shape index (κ2) is 3.43. The molecule has 0 bridgehead atoms. The Bertz CT molecular complexity index is 439. The number of alkyl halides is 2. The molecule has 0 heterocycles. The van der Waals surface area contributed by atoms with Gasteiger partial charge in [0, 0.05) is 0 Å². The van der Waals surface area contributed by atoms with Crippen LogP contribution in [0.5, 0.6) is 5.75 Å². The summed E-state index contributed by atoms with van der Waals surface area (Å²) < 4.78 is 25.0. The number of carboxylic acid groups (broad SMARTS) is 1. The molecular weight excluding hydrogens is 218 g/mol. The maximum atomic E-state index is 12.5. The molecule has 1 aromatic carbocycles. The summed E-state index contributed by atoms with van der Waals surface area (Å²) in [7, 11) is 0. The van der Waals surface area contributed by atoms with Crippen molar-refractivity contribution in [2.45, 2.75) is 24.7 Å². The molecule has 86 valence electrons. The van der Waals surface area contributed by atoms with Crippen molar-refractivity contribution < 1.29 is 23.8 Å². The minimum Gasteiger partial charge on any atom is -0.507 e. The second-order valence-corrected chi connectivity index (χ2v) is 3.96. The molecule has 1 aromatic rings. The number of rotatable bonds is 3. The standard InChI is InChI=1S/C11H10F2O3/c12-9(13)7-5-6(1-2-8(7)14)11(3-4-11)10(15)16/h1-2,5,9,14H,3-4H2,(H,15,16). The number of halogens is 2. The van der Waals surface area contributed by atoms with Crippen molar-refractivity contribution in [1.29, 1.82) is 0 Å². The van der Waals surface area contributed by atoms with E-state index < -0.39 is 29.1 Å². The van der Waals surface area contributed by atoms with E-state index in [9.17, 15) is 18.7 Å². The highest BCUT2D eigenvalue weighted by molar-refractivity contribution is 5.85. The fourth-order valence-electron chi connectivity index (χ4n) is 1.78. The molecule has 3 nitrogen and oxygen atoms in total. The van der Waals surface area contributed by atoms with Crippen molar-refractivity contribution in [1.82, 2.24) is 0 Å². The largest absolute Gasteiger partial charge is 0.507 e. The molecular formula is C11H10F2O3. The van der Waals surface area contributed by atoms with E-state index >= 15 is 0 Å². The third kappa shape index (κ3) is 1.52. The van der Waals surface area contributed by atoms with Crippen LogP contribution in [0, 0.1) is 0 Å². The van der Waals surface area contributed by atoms with Crippen molar-refractivity contribution in [2.24, 2.45) is 0 Å². The van der Waals surface area contributed by atoms with Crippen LogP contribution in [-0.2, 0) is 10.2 Å². The summed E-state index contributed by atoms with van der Waals surface area (Å²) in [5.41, 5.74) is -1.18. The molecule has 0 saturated heterocycles. The summed E-state index contributed by atoms with van der Waals surface area (Å²) in [6.45, 7) is 0. The Morgan fingerprint density at radius 2 is 2.00 bits per heavy atom. The van der Waals surface area contributed by atoms with E-state index in [4.69, 9.17) is 5.11 Å². The van der Waals surface area contributed by atoms with Crippen molar-refractivity contribution in [3.63, 3.8) is 0 Å². The lowest BCUT2D eigenvalue weighted by Gasteiger charge is -2.12. The number of carbonyl (C=O) groups is 1. The average molecular weight is 228 g/mol. The quantitative estimate of drug-likeness (QED) is 0.835. The van der Waals surface area contributed by atoms with Crippen molar-refractivity contribution in [3.05, 3.63) is 29.3 Å². The fourth-order valence-corrected chi connectivity index (χ4v) is 1.78. The third-order valence-corrected chi connectivity index (χ3v) is 2.97. The van der Waals surface area contributed by atoms with Gasteiger partial charge in [-0.25, -0.2) is 8.78 Å². The zero-order chi connectivity index (χ0) is 11.9. The van der Waals surface area contributed by atoms with E-state index in [1.807, 2.05) is 0 Å². The molecule has 0 atom stereocenters. The maximum absolute atomic E-state index is 12.5. The first-order chi connectivity index (χ1) is 7.47. The van der Waals surface area contributed by atoms with E-state index in [1.54, 1.807) is 0 Å². The van der Waals surface area contributed by atoms with Gasteiger partial charge in [-0.05, 0) is 30.5 Å². The Hall–Kier alpha value is -1.65. The first kappa shape index (κ1) is 10.9. The molecule has 5 heteroatoms. The van der Waals surface area contributed by atoms with Gasteiger partial charge in [-0.2, -0.15) is 0 Å². The summed E-state index contributed by atoms with van der Waals surface area (Å²) in [6, 6.07) is 3.60. The minimum atomic E-state index is -2.80. The first-order valence-electron chi connectivity index (χ1n) is 4.82. The number of aromatic hydroxyl groups is 1. The lowest BCUT2D eigenvalue weighted by molar-refractivity contribution is -0.140. The zero-order valence-electron chi connectivity index (χ0n) is 8.28. The zero-order valence-corrected chi connectivity index (χ0v) is 8.28. The van der Waals surface area contributed by atoms with E-state index in [2.05, 4.69) is 0 Å². The molecule has 1 aliphatic rings. The average Bonchev–Trinajstić information content (AvgIpc) is 2.98. The number of benzene rings is 1. The molecule has 0 aliphatic heterocycles. The van der Waals surface area contributed by atoms with Crippen LogP contribution in [0.2, 0.25) is 0 Å². The van der Waals surface area contributed by atoms with Gasteiger partial charge in [-0.3, -0.25) is 4.79 Å². The second-order valence-electron chi connectivity index (χ2n) is 3.96. The lowest BCUT2D eigenvalue weighted by Crippen LogP contribution is -2.19. The molecule has 0 spiro atoms. The number of aliphatic carboxylic acids is 1. The van der Waals surface area contributed by atoms with Crippen LogP contribution in [0.3, 0.4) is 0 Å². The highest BCUT2D eigenvalue weighted by Crippen LogP contribution is 2.49. The molecule has 1 saturated carbocycles. The SMILES string of the molecule is O=C(O)C1(c2ccc(O)c(C(F)F)c2)CC1. The molecule has 16 heavy (non-hydrogen) atoms. The van der Waals surface area contributed by atoms with Gasteiger partial charge in [0.25, 0.3) is 6.43 Å². The van der Waals surface area contributed by atoms with E-state index in [1.165, 1.54) is 6.07 Å². The summed E-state index contributed by atoms with van der Waals surface area (Å²) in [5, 5.41) is 18.2. The Labute approximate surface area is 90.3 Å². The Morgan fingerprint density at radius 3 is 2.44 bits per heavy atom. The fraction of sp³-hybridized carbons (Fsp3) is 0.364. The number of phenols is 1. The molecule has 0 radical (unpaired) electrons. The predicted molar refractivity (Wildman–Crippen MR) is 51.6 cm³/mol. The van der Waals surface area contributed by atoms with Crippen LogP contribution in [0.25, 0.3) is 0 Å². The third-order valence-electron chi connectivity index (χ3n) is 2.97. The summed E-state index contributed by atoms with van der Waals surface area (Å²) in [5.74, 6) is -1.50. The van der Waals surface area contributed by atoms with Crippen LogP contribution >= 0.6 is 0 Å². The highest BCUT2D eigenvalue weighted by Gasteiger charge is 2.52. The van der Waals surface area contributed by atoms with Crippen molar-refractivity contribution in [3.8, 4) is 5.75 Å². The van der Waals surface area contributed by atoms with Crippen LogP contribution in [0.1, 0.15) is 30.4 Å². The molecule has 2 N–H and O–H groups in total. The van der Waals surface area contributed by atoms with Gasteiger partial charge in [-0.15, -0.1) is 0 Å². The van der Waals surface area contributed by atoms with Crippen molar-refractivity contribution >= 4 is 5.97 Å². The van der Waals surface area contributed by atoms with Gasteiger partial charge in [-0.1, -0.05) is 6.07 Å². The maximum Gasteiger partial charge on any atom is 0.314 e. The summed E-state index contributed by atoms with van der Waals surface area (Å²) in [4.78, 5) is 11.0. The van der Waals surface area contributed by atoms with Crippen LogP contribution in [0.15, 0.2) is 18.2 Å². The van der Waals surface area contributed by atoms with E-state index in [0.29, 0.717) is 18.4 Å². The van der Waals surface area contributed by atoms with Crippen molar-refractivity contribution in [2.75, 3.05) is 0 Å². The number of carboxylic acids is 1. The Balaban J connectivity index is 2.44. The number of hydrogen-bond acceptors (Lipinski definition) is 2. The lowest BCUT2D eigenvalue weighted by atomic mass is 9.94. The Kier molecular flexibility index (Phi) is 2.33. The molecule has 2 rings (SSSR count). The number of phenolic OH excluding ortho intramolecular Hbond substituents is 1. The van der Waals surface area contributed by atoms with Crippen LogP contribution in [-0.4, -0.2) is 16.2 Å². The van der Waals surface area contributed by atoms with E-state index in [0.717, 1.165) is 12.1 Å². The van der Waals surface area contributed by atoms with Gasteiger partial charge in [0.15, 0.2) is 0 Å². The molecule has 0 amide bonds. The van der Waals surface area contributed by atoms with Gasteiger partial charge in [0.1, 0.15) is 5.75 Å². The van der Waals surface area contributed by atoms with Gasteiger partial charge in [0.05, 0.1) is 11.0 Å². The van der Waals surface area contributed by atoms with Crippen LogP contribution < -0.4 is 0 Å². The monoisotopic (exact) mass is 228 g/mol. The van der Waals surface area contributed by atoms with Gasteiger partial charge in [0.2, 0.25) is 0 Å². The summed E-state index contributed by atoms with van der Waals surface area (Å²) in [6.07, 6.45) is -1.89. The predicted octanol–water partition coefficient (Wildman–Crippen LogP) is 2.45. The highest BCUT2D eigenvalue weighted by atomic mass is 19.3. The molecule has 0 unspecified atom stereocenters. The van der Waals surface area contributed by atoms with E-state index in [-0.39, 0.29) is 0 Å². The molecule has 1 aliphatic carbocycles. The summed E-state index contributed by atoms with van der Waals surface area (Å²) >= 11 is 0. The van der Waals surface area contributed by atoms with Crippen LogP contribution in [0.4, 0.5) is 8.78 Å². The number of hydrogen-bond donors (Lipinski definition) is 2. The van der Waals surface area contributed by atoms with Gasteiger partial charge >= 0.3 is 5.97 Å². The Morgan fingerprint density at radius 1 is 1.38 bits per heavy atom. The van der Waals surface area contributed by atoms with Gasteiger partial charge < -0.3 is 10.2 Å². The normalized spacial score (nSPS) is 17.4.